The SMILES string of the molecule is O=C1C[C@H](C(=O)N[C@H](c2ccccc2)c2ccc(Cl)cc2)c2ccccc2N1. The zero-order valence-electron chi connectivity index (χ0n) is 15.1. The zero-order valence-corrected chi connectivity index (χ0v) is 15.8. The normalized spacial score (nSPS) is 16.6. The van der Waals surface area contributed by atoms with E-state index in [0.29, 0.717) is 10.7 Å². The predicted molar refractivity (Wildman–Crippen MR) is 110 cm³/mol. The van der Waals surface area contributed by atoms with Crippen LogP contribution in [-0.2, 0) is 9.59 Å². The van der Waals surface area contributed by atoms with Crippen LogP contribution in [0, 0.1) is 0 Å². The topological polar surface area (TPSA) is 58.2 Å². The molecule has 28 heavy (non-hydrogen) atoms. The van der Waals surface area contributed by atoms with Crippen LogP contribution in [-0.4, -0.2) is 11.8 Å². The number of nitrogens with one attached hydrogen (secondary N) is 2. The average molecular weight is 391 g/mol. The van der Waals surface area contributed by atoms with E-state index in [1.54, 1.807) is 0 Å². The fraction of sp³-hybridized carbons (Fsp3) is 0.130. The summed E-state index contributed by atoms with van der Waals surface area (Å²) in [6.07, 6.45) is 0.130. The number of hydrogen-bond donors (Lipinski definition) is 2. The van der Waals surface area contributed by atoms with Crippen molar-refractivity contribution < 1.29 is 9.59 Å². The summed E-state index contributed by atoms with van der Waals surface area (Å²) in [6, 6.07) is 24.3. The van der Waals surface area contributed by atoms with Crippen molar-refractivity contribution in [1.82, 2.24) is 5.32 Å². The van der Waals surface area contributed by atoms with Crippen LogP contribution in [0.5, 0.6) is 0 Å². The van der Waals surface area contributed by atoms with Crippen LogP contribution in [0.4, 0.5) is 5.69 Å². The summed E-state index contributed by atoms with van der Waals surface area (Å²) >= 11 is 6.03. The summed E-state index contributed by atoms with van der Waals surface area (Å²) in [5.41, 5.74) is 3.42. The molecule has 2 N–H and O–H groups in total. The third kappa shape index (κ3) is 3.78. The minimum Gasteiger partial charge on any atom is -0.345 e. The molecule has 1 aliphatic rings. The van der Waals surface area contributed by atoms with Crippen LogP contribution < -0.4 is 10.6 Å². The number of fused-ring (bicyclic) bond motifs is 1. The molecule has 1 heterocycles. The van der Waals surface area contributed by atoms with E-state index in [9.17, 15) is 9.59 Å². The molecule has 140 valence electrons. The fourth-order valence-corrected chi connectivity index (χ4v) is 3.67. The molecule has 0 bridgehead atoms. The molecule has 0 spiro atoms. The number of rotatable bonds is 4. The van der Waals surface area contributed by atoms with Gasteiger partial charge in [0, 0.05) is 17.1 Å². The highest BCUT2D eigenvalue weighted by Gasteiger charge is 2.32. The van der Waals surface area contributed by atoms with Gasteiger partial charge in [0.2, 0.25) is 11.8 Å². The van der Waals surface area contributed by atoms with E-state index in [1.165, 1.54) is 0 Å². The smallest absolute Gasteiger partial charge is 0.228 e. The maximum atomic E-state index is 13.2. The molecule has 0 aromatic heterocycles. The van der Waals surface area contributed by atoms with Crippen LogP contribution in [0.25, 0.3) is 0 Å². The quantitative estimate of drug-likeness (QED) is 0.680. The largest absolute Gasteiger partial charge is 0.345 e. The van der Waals surface area contributed by atoms with Gasteiger partial charge in [-0.2, -0.15) is 0 Å². The molecule has 0 aliphatic carbocycles. The Balaban J connectivity index is 1.66. The third-order valence-electron chi connectivity index (χ3n) is 4.94. The van der Waals surface area contributed by atoms with Gasteiger partial charge in [0.1, 0.15) is 0 Å². The van der Waals surface area contributed by atoms with Crippen molar-refractivity contribution in [2.45, 2.75) is 18.4 Å². The molecule has 0 saturated carbocycles. The van der Waals surface area contributed by atoms with Crippen LogP contribution in [0.3, 0.4) is 0 Å². The van der Waals surface area contributed by atoms with E-state index in [0.717, 1.165) is 16.7 Å². The van der Waals surface area contributed by atoms with E-state index < -0.39 is 5.92 Å². The van der Waals surface area contributed by atoms with Gasteiger partial charge in [-0.15, -0.1) is 0 Å². The summed E-state index contributed by atoms with van der Waals surface area (Å²) in [5.74, 6) is -0.851. The highest BCUT2D eigenvalue weighted by molar-refractivity contribution is 6.30. The van der Waals surface area contributed by atoms with E-state index in [-0.39, 0.29) is 24.3 Å². The predicted octanol–water partition coefficient (Wildman–Crippen LogP) is 4.67. The fourth-order valence-electron chi connectivity index (χ4n) is 3.55. The monoisotopic (exact) mass is 390 g/mol. The molecule has 4 nitrogen and oxygen atoms in total. The first kappa shape index (κ1) is 18.3. The molecule has 1 aliphatic heterocycles. The molecular weight excluding hydrogens is 372 g/mol. The van der Waals surface area contributed by atoms with Crippen LogP contribution in [0.1, 0.15) is 35.1 Å². The molecule has 2 amide bonds. The van der Waals surface area contributed by atoms with Crippen molar-refractivity contribution in [3.63, 3.8) is 0 Å². The number of halogens is 1. The molecule has 5 heteroatoms. The van der Waals surface area contributed by atoms with Gasteiger partial charge in [-0.25, -0.2) is 0 Å². The lowest BCUT2D eigenvalue weighted by atomic mass is 9.89. The Bertz CT molecular complexity index is 1000. The Morgan fingerprint density at radius 2 is 1.57 bits per heavy atom. The van der Waals surface area contributed by atoms with Gasteiger partial charge in [-0.1, -0.05) is 72.3 Å². The minimum absolute atomic E-state index is 0.130. The van der Waals surface area contributed by atoms with Crippen molar-refractivity contribution in [3.05, 3.63) is 101 Å². The molecule has 0 unspecified atom stereocenters. The molecule has 0 fully saturated rings. The van der Waals surface area contributed by atoms with E-state index in [4.69, 9.17) is 11.6 Å². The second-order valence-corrected chi connectivity index (χ2v) is 7.23. The Labute approximate surface area is 168 Å². The van der Waals surface area contributed by atoms with Gasteiger partial charge in [-0.05, 0) is 34.9 Å². The summed E-state index contributed by atoms with van der Waals surface area (Å²) in [4.78, 5) is 25.3. The maximum absolute atomic E-state index is 13.2. The molecule has 3 aromatic rings. The van der Waals surface area contributed by atoms with E-state index in [1.807, 2.05) is 78.9 Å². The first-order valence-corrected chi connectivity index (χ1v) is 9.49. The molecule has 0 radical (unpaired) electrons. The second-order valence-electron chi connectivity index (χ2n) is 6.80. The summed E-state index contributed by atoms with van der Waals surface area (Å²) < 4.78 is 0. The number of hydrogen-bond acceptors (Lipinski definition) is 2. The van der Waals surface area contributed by atoms with Crippen LogP contribution in [0.2, 0.25) is 5.02 Å². The molecule has 3 aromatic carbocycles. The average Bonchev–Trinajstić information content (AvgIpc) is 2.72. The first-order valence-electron chi connectivity index (χ1n) is 9.11. The first-order chi connectivity index (χ1) is 13.6. The number of amides is 2. The number of anilines is 1. The van der Waals surface area contributed by atoms with Crippen LogP contribution >= 0.6 is 11.6 Å². The lowest BCUT2D eigenvalue weighted by molar-refractivity contribution is -0.126. The number of para-hydroxylation sites is 1. The number of carbonyl (C=O) groups excluding carboxylic acids is 2. The zero-order chi connectivity index (χ0) is 19.5. The Kier molecular flexibility index (Phi) is 5.13. The molecule has 0 saturated heterocycles. The second kappa shape index (κ2) is 7.87. The van der Waals surface area contributed by atoms with Crippen molar-refractivity contribution in [3.8, 4) is 0 Å². The third-order valence-corrected chi connectivity index (χ3v) is 5.19. The Morgan fingerprint density at radius 3 is 2.32 bits per heavy atom. The highest BCUT2D eigenvalue weighted by Crippen LogP contribution is 2.33. The van der Waals surface area contributed by atoms with Gasteiger partial charge in [-0.3, -0.25) is 9.59 Å². The molecule has 2 atom stereocenters. The van der Waals surface area contributed by atoms with E-state index in [2.05, 4.69) is 10.6 Å². The van der Waals surface area contributed by atoms with Gasteiger partial charge in [0.05, 0.1) is 12.0 Å². The number of benzene rings is 3. The minimum atomic E-state index is -0.525. The van der Waals surface area contributed by atoms with Crippen molar-refractivity contribution >= 4 is 29.1 Å². The summed E-state index contributed by atoms with van der Waals surface area (Å²) in [7, 11) is 0. The van der Waals surface area contributed by atoms with Gasteiger partial charge in [0.15, 0.2) is 0 Å². The van der Waals surface area contributed by atoms with Crippen LogP contribution in [0.15, 0.2) is 78.9 Å². The molecular formula is C23H19ClN2O2. The van der Waals surface area contributed by atoms with Crippen molar-refractivity contribution in [2.75, 3.05) is 5.32 Å². The standard InChI is InChI=1S/C23H19ClN2O2/c24-17-12-10-16(11-13-17)22(15-6-2-1-3-7-15)26-23(28)19-14-21(27)25-20-9-5-4-8-18(19)20/h1-13,19,22H,14H2,(H,25,27)(H,26,28)/t19-,22+/m0/s1. The van der Waals surface area contributed by atoms with Gasteiger partial charge >= 0.3 is 0 Å². The van der Waals surface area contributed by atoms with E-state index >= 15 is 0 Å². The lowest BCUT2D eigenvalue weighted by Crippen LogP contribution is -2.37. The van der Waals surface area contributed by atoms with Gasteiger partial charge < -0.3 is 10.6 Å². The van der Waals surface area contributed by atoms with Crippen molar-refractivity contribution in [1.29, 1.82) is 0 Å². The summed E-state index contributed by atoms with van der Waals surface area (Å²) in [5, 5.41) is 6.61. The highest BCUT2D eigenvalue weighted by atomic mass is 35.5. The molecule has 4 rings (SSSR count). The lowest BCUT2D eigenvalue weighted by Gasteiger charge is -2.27. The Morgan fingerprint density at radius 1 is 0.929 bits per heavy atom. The van der Waals surface area contributed by atoms with Gasteiger partial charge in [0.25, 0.3) is 0 Å². The Hall–Kier alpha value is -3.11. The maximum Gasteiger partial charge on any atom is 0.228 e. The summed E-state index contributed by atoms with van der Waals surface area (Å²) in [6.45, 7) is 0. The van der Waals surface area contributed by atoms with Crippen molar-refractivity contribution in [2.24, 2.45) is 0 Å². The number of carbonyl (C=O) groups is 2.